The molecule has 208 valence electrons. The molecule has 0 spiro atoms. The van der Waals surface area contributed by atoms with Crippen LogP contribution < -0.4 is 21.5 Å². The number of benzene rings is 2. The Kier molecular flexibility index (Phi) is 9.18. The number of aromatic nitrogens is 1. The highest BCUT2D eigenvalue weighted by atomic mass is 16.6. The third kappa shape index (κ3) is 8.77. The summed E-state index contributed by atoms with van der Waals surface area (Å²) in [5.41, 5.74) is 4.94. The summed E-state index contributed by atoms with van der Waals surface area (Å²) in [6.45, 7) is 8.04. The van der Waals surface area contributed by atoms with Crippen molar-refractivity contribution in [1.29, 1.82) is 0 Å². The van der Waals surface area contributed by atoms with Crippen LogP contribution in [0.2, 0.25) is 0 Å². The second-order valence-corrected chi connectivity index (χ2v) is 10.5. The number of carbonyl (C=O) groups is 4. The molecule has 11 nitrogen and oxygen atoms in total. The number of amides is 4. The number of H-pyrrole nitrogens is 1. The van der Waals surface area contributed by atoms with Gasteiger partial charge in [-0.3, -0.25) is 20.4 Å². The number of ether oxygens (including phenoxy) is 2. The van der Waals surface area contributed by atoms with Crippen LogP contribution in [0.15, 0.2) is 60.8 Å². The summed E-state index contributed by atoms with van der Waals surface area (Å²) < 4.78 is 10.5. The molecule has 3 aromatic rings. The predicted molar refractivity (Wildman–Crippen MR) is 145 cm³/mol. The minimum atomic E-state index is -1.41. The largest absolute Gasteiger partial charge is 0.445 e. The highest BCUT2D eigenvalue weighted by Crippen LogP contribution is 2.19. The number of fused-ring (bicyclic) bond motifs is 1. The van der Waals surface area contributed by atoms with Crippen LogP contribution >= 0.6 is 0 Å². The summed E-state index contributed by atoms with van der Waals surface area (Å²) in [4.78, 5) is 53.7. The van der Waals surface area contributed by atoms with Crippen LogP contribution in [0.4, 0.5) is 9.59 Å². The molecule has 0 aliphatic rings. The summed E-state index contributed by atoms with van der Waals surface area (Å²) in [5.74, 6) is -1.38. The molecular formula is C28H35N5O6. The Labute approximate surface area is 227 Å². The van der Waals surface area contributed by atoms with E-state index in [4.69, 9.17) is 9.47 Å². The van der Waals surface area contributed by atoms with E-state index in [0.29, 0.717) is 0 Å². The zero-order valence-electron chi connectivity index (χ0n) is 22.7. The van der Waals surface area contributed by atoms with Gasteiger partial charge in [-0.05, 0) is 51.8 Å². The fraction of sp³-hybridized carbons (Fsp3) is 0.357. The first-order chi connectivity index (χ1) is 18.3. The summed E-state index contributed by atoms with van der Waals surface area (Å²) in [5, 5.41) is 5.94. The second-order valence-electron chi connectivity index (χ2n) is 10.5. The lowest BCUT2D eigenvalue weighted by molar-refractivity contribution is -0.132. The van der Waals surface area contributed by atoms with Gasteiger partial charge >= 0.3 is 12.2 Å². The van der Waals surface area contributed by atoms with Crippen molar-refractivity contribution >= 4 is 34.9 Å². The van der Waals surface area contributed by atoms with Crippen LogP contribution in [-0.4, -0.2) is 46.2 Å². The number of hydrazine groups is 1. The average Bonchev–Trinajstić information content (AvgIpc) is 3.27. The Balaban J connectivity index is 1.67. The maximum Gasteiger partial charge on any atom is 0.408 e. The van der Waals surface area contributed by atoms with Crippen molar-refractivity contribution < 1.29 is 28.7 Å². The first kappa shape index (κ1) is 29.0. The molecule has 0 saturated carbocycles. The molecule has 1 aromatic heterocycles. The number of aromatic amines is 1. The predicted octanol–water partition coefficient (Wildman–Crippen LogP) is 3.46. The second kappa shape index (κ2) is 12.3. The van der Waals surface area contributed by atoms with E-state index in [1.54, 1.807) is 27.0 Å². The van der Waals surface area contributed by atoms with Crippen molar-refractivity contribution in [3.8, 4) is 0 Å². The Hall–Kier alpha value is -4.54. The lowest BCUT2D eigenvalue weighted by atomic mass is 10.0. The maximum absolute atomic E-state index is 13.1. The molecule has 0 aliphatic heterocycles. The van der Waals surface area contributed by atoms with Crippen LogP contribution in [0.1, 0.15) is 45.7 Å². The van der Waals surface area contributed by atoms with Crippen molar-refractivity contribution in [3.63, 3.8) is 0 Å². The SMILES string of the molecule is CC(C)(C)OC(=O)NC(C)(C)C(=O)NNC(=O)C(Cc1c[nH]c2ccccc12)NC(=O)OCc1ccccc1. The molecule has 1 heterocycles. The lowest BCUT2D eigenvalue weighted by Crippen LogP contribution is -2.61. The van der Waals surface area contributed by atoms with E-state index in [9.17, 15) is 19.2 Å². The molecule has 4 amide bonds. The van der Waals surface area contributed by atoms with E-state index in [1.165, 1.54) is 13.8 Å². The summed E-state index contributed by atoms with van der Waals surface area (Å²) >= 11 is 0. The van der Waals surface area contributed by atoms with E-state index in [-0.39, 0.29) is 13.0 Å². The van der Waals surface area contributed by atoms with Gasteiger partial charge < -0.3 is 25.1 Å². The Bertz CT molecular complexity index is 1310. The fourth-order valence-corrected chi connectivity index (χ4v) is 3.61. The van der Waals surface area contributed by atoms with Gasteiger partial charge in [0.1, 0.15) is 23.8 Å². The molecule has 1 atom stereocenters. The minimum Gasteiger partial charge on any atom is -0.445 e. The van der Waals surface area contributed by atoms with Crippen LogP contribution in [-0.2, 0) is 32.1 Å². The van der Waals surface area contributed by atoms with Crippen molar-refractivity contribution in [1.82, 2.24) is 26.5 Å². The van der Waals surface area contributed by atoms with Gasteiger partial charge in [-0.1, -0.05) is 48.5 Å². The van der Waals surface area contributed by atoms with Gasteiger partial charge in [0.2, 0.25) is 0 Å². The van der Waals surface area contributed by atoms with Gasteiger partial charge in [-0.2, -0.15) is 0 Å². The standard InChI is InChI=1S/C28H35N5O6/c1-27(2,3)39-26(37)31-28(4,5)24(35)33-32-23(34)22(15-19-16-29-21-14-10-9-13-20(19)21)30-25(36)38-17-18-11-7-6-8-12-18/h6-14,16,22,29H,15,17H2,1-5H3,(H,30,36)(H,31,37)(H,32,34)(H,33,35). The smallest absolute Gasteiger partial charge is 0.408 e. The van der Waals surface area contributed by atoms with E-state index in [2.05, 4.69) is 26.5 Å². The fourth-order valence-electron chi connectivity index (χ4n) is 3.61. The third-order valence-corrected chi connectivity index (χ3v) is 5.60. The molecule has 2 aromatic carbocycles. The molecule has 0 fully saturated rings. The number of nitrogens with one attached hydrogen (secondary N) is 5. The number of para-hydroxylation sites is 1. The minimum absolute atomic E-state index is 0.0232. The van der Waals surface area contributed by atoms with Crippen LogP contribution in [0.25, 0.3) is 10.9 Å². The highest BCUT2D eigenvalue weighted by Gasteiger charge is 2.33. The van der Waals surface area contributed by atoms with Crippen molar-refractivity contribution in [2.75, 3.05) is 0 Å². The van der Waals surface area contributed by atoms with Gasteiger partial charge in [0.05, 0.1) is 0 Å². The van der Waals surface area contributed by atoms with Crippen LogP contribution in [0.3, 0.4) is 0 Å². The van der Waals surface area contributed by atoms with Crippen LogP contribution in [0.5, 0.6) is 0 Å². The number of rotatable bonds is 8. The highest BCUT2D eigenvalue weighted by molar-refractivity contribution is 5.93. The van der Waals surface area contributed by atoms with E-state index < -0.39 is 41.2 Å². The molecule has 1 unspecified atom stereocenters. The average molecular weight is 538 g/mol. The van der Waals surface area contributed by atoms with E-state index >= 15 is 0 Å². The number of carbonyl (C=O) groups excluding carboxylic acids is 4. The Morgan fingerprint density at radius 3 is 2.23 bits per heavy atom. The number of hydrogen-bond donors (Lipinski definition) is 5. The molecule has 0 radical (unpaired) electrons. The Morgan fingerprint density at radius 2 is 1.54 bits per heavy atom. The van der Waals surface area contributed by atoms with Gasteiger partial charge in [0.25, 0.3) is 11.8 Å². The molecule has 0 aliphatic carbocycles. The first-order valence-electron chi connectivity index (χ1n) is 12.5. The number of hydrogen-bond acceptors (Lipinski definition) is 6. The summed E-state index contributed by atoms with van der Waals surface area (Å²) in [6, 6.07) is 15.6. The third-order valence-electron chi connectivity index (χ3n) is 5.60. The summed E-state index contributed by atoms with van der Waals surface area (Å²) in [7, 11) is 0. The number of alkyl carbamates (subject to hydrolysis) is 2. The molecule has 3 rings (SSSR count). The molecule has 39 heavy (non-hydrogen) atoms. The van der Waals surface area contributed by atoms with Crippen molar-refractivity contribution in [3.05, 3.63) is 71.9 Å². The zero-order chi connectivity index (χ0) is 28.6. The van der Waals surface area contributed by atoms with Gasteiger partial charge in [0, 0.05) is 23.5 Å². The molecular weight excluding hydrogens is 502 g/mol. The van der Waals surface area contributed by atoms with Crippen molar-refractivity contribution in [2.45, 2.75) is 64.8 Å². The Morgan fingerprint density at radius 1 is 0.872 bits per heavy atom. The molecule has 5 N–H and O–H groups in total. The van der Waals surface area contributed by atoms with Crippen LogP contribution in [0, 0.1) is 0 Å². The normalized spacial score (nSPS) is 12.2. The molecule has 0 bridgehead atoms. The lowest BCUT2D eigenvalue weighted by Gasteiger charge is -2.28. The van der Waals surface area contributed by atoms with E-state index in [0.717, 1.165) is 22.0 Å². The topological polar surface area (TPSA) is 151 Å². The first-order valence-corrected chi connectivity index (χ1v) is 12.5. The molecule has 0 saturated heterocycles. The monoisotopic (exact) mass is 537 g/mol. The van der Waals surface area contributed by atoms with Crippen molar-refractivity contribution in [2.24, 2.45) is 0 Å². The van der Waals surface area contributed by atoms with E-state index in [1.807, 2.05) is 54.6 Å². The quantitative estimate of drug-likeness (QED) is 0.278. The van der Waals surface area contributed by atoms with Gasteiger partial charge in [-0.15, -0.1) is 0 Å². The van der Waals surface area contributed by atoms with Gasteiger partial charge in [0.15, 0.2) is 0 Å². The maximum atomic E-state index is 13.1. The van der Waals surface area contributed by atoms with Gasteiger partial charge in [-0.25, -0.2) is 9.59 Å². The summed E-state index contributed by atoms with van der Waals surface area (Å²) in [6.07, 6.45) is 0.297. The zero-order valence-corrected chi connectivity index (χ0v) is 22.7. The molecule has 11 heteroatoms.